The summed E-state index contributed by atoms with van der Waals surface area (Å²) in [5, 5.41) is 2.85. The zero-order valence-corrected chi connectivity index (χ0v) is 11.5. The van der Waals surface area contributed by atoms with Crippen LogP contribution in [0.3, 0.4) is 0 Å². The van der Waals surface area contributed by atoms with Gasteiger partial charge >= 0.3 is 0 Å². The van der Waals surface area contributed by atoms with Crippen LogP contribution in [0.15, 0.2) is 18.2 Å². The topological polar surface area (TPSA) is 64.4 Å². The molecule has 0 atom stereocenters. The van der Waals surface area contributed by atoms with Gasteiger partial charge in [-0.2, -0.15) is 0 Å². The molecule has 1 amide bonds. The molecule has 0 spiro atoms. The van der Waals surface area contributed by atoms with Crippen LogP contribution in [0, 0.1) is 11.8 Å². The molecule has 1 aromatic carbocycles. The highest BCUT2D eigenvalue weighted by Crippen LogP contribution is 2.25. The maximum absolute atomic E-state index is 11.7. The Morgan fingerprint density at radius 3 is 2.89 bits per heavy atom. The summed E-state index contributed by atoms with van der Waals surface area (Å²) >= 11 is 0. The van der Waals surface area contributed by atoms with E-state index in [1.165, 1.54) is 0 Å². The molecule has 0 saturated heterocycles. The summed E-state index contributed by atoms with van der Waals surface area (Å²) in [4.78, 5) is 11.7. The van der Waals surface area contributed by atoms with Crippen molar-refractivity contribution < 1.29 is 9.53 Å². The smallest absolute Gasteiger partial charge is 0.224 e. The number of anilines is 1. The number of benzene rings is 1. The Morgan fingerprint density at radius 1 is 1.47 bits per heavy atom. The predicted molar refractivity (Wildman–Crippen MR) is 77.1 cm³/mol. The molecule has 0 fully saturated rings. The van der Waals surface area contributed by atoms with Gasteiger partial charge in [-0.05, 0) is 24.6 Å². The van der Waals surface area contributed by atoms with Crippen LogP contribution in [0.2, 0.25) is 0 Å². The molecule has 1 rings (SSSR count). The third-order valence-corrected chi connectivity index (χ3v) is 2.57. The van der Waals surface area contributed by atoms with Gasteiger partial charge in [0.05, 0.1) is 19.3 Å². The monoisotopic (exact) mass is 260 g/mol. The number of hydrogen-bond acceptors (Lipinski definition) is 3. The molecule has 0 bridgehead atoms. The second-order valence-electron chi connectivity index (χ2n) is 4.07. The summed E-state index contributed by atoms with van der Waals surface area (Å²) in [6, 6.07) is 5.42. The molecule has 4 heteroatoms. The SMILES string of the molecule is CCCCC(=O)Nc1cc(C#CCN)ccc1OC. The molecule has 0 saturated carbocycles. The van der Waals surface area contributed by atoms with Crippen LogP contribution in [0.4, 0.5) is 5.69 Å². The summed E-state index contributed by atoms with van der Waals surface area (Å²) in [6.45, 7) is 2.36. The first-order valence-electron chi connectivity index (χ1n) is 6.38. The molecule has 0 unspecified atom stereocenters. The molecule has 3 N–H and O–H groups in total. The minimum Gasteiger partial charge on any atom is -0.495 e. The van der Waals surface area contributed by atoms with Crippen molar-refractivity contribution in [3.8, 4) is 17.6 Å². The molecule has 1 aromatic rings. The number of hydrogen-bond donors (Lipinski definition) is 2. The average molecular weight is 260 g/mol. The first-order chi connectivity index (χ1) is 9.21. The fourth-order valence-corrected chi connectivity index (χ4v) is 1.59. The van der Waals surface area contributed by atoms with Crippen LogP contribution in [-0.4, -0.2) is 19.6 Å². The summed E-state index contributed by atoms with van der Waals surface area (Å²) in [6.07, 6.45) is 2.38. The van der Waals surface area contributed by atoms with Crippen LogP contribution in [0.5, 0.6) is 5.75 Å². The zero-order valence-electron chi connectivity index (χ0n) is 11.5. The third kappa shape index (κ3) is 5.02. The van der Waals surface area contributed by atoms with Crippen molar-refractivity contribution in [2.75, 3.05) is 19.0 Å². The van der Waals surface area contributed by atoms with Crippen LogP contribution in [-0.2, 0) is 4.79 Å². The van der Waals surface area contributed by atoms with E-state index in [2.05, 4.69) is 24.1 Å². The van der Waals surface area contributed by atoms with E-state index in [4.69, 9.17) is 10.5 Å². The maximum atomic E-state index is 11.7. The van der Waals surface area contributed by atoms with Crippen molar-refractivity contribution >= 4 is 11.6 Å². The second-order valence-corrected chi connectivity index (χ2v) is 4.07. The van der Waals surface area contributed by atoms with E-state index in [-0.39, 0.29) is 5.91 Å². The number of methoxy groups -OCH3 is 1. The Balaban J connectivity index is 2.86. The molecule has 0 aliphatic heterocycles. The highest BCUT2D eigenvalue weighted by atomic mass is 16.5. The van der Waals surface area contributed by atoms with Gasteiger partial charge in [0.2, 0.25) is 5.91 Å². The zero-order chi connectivity index (χ0) is 14.1. The van der Waals surface area contributed by atoms with Gasteiger partial charge in [-0.1, -0.05) is 25.2 Å². The molecular formula is C15H20N2O2. The van der Waals surface area contributed by atoms with Gasteiger partial charge in [-0.25, -0.2) is 0 Å². The summed E-state index contributed by atoms with van der Waals surface area (Å²) in [5.74, 6) is 6.33. The minimum atomic E-state index is -0.0101. The van der Waals surface area contributed by atoms with E-state index in [0.717, 1.165) is 18.4 Å². The molecule has 0 radical (unpaired) electrons. The third-order valence-electron chi connectivity index (χ3n) is 2.57. The van der Waals surface area contributed by atoms with Gasteiger partial charge in [-0.15, -0.1) is 0 Å². The Morgan fingerprint density at radius 2 is 2.26 bits per heavy atom. The Labute approximate surface area is 114 Å². The van der Waals surface area contributed by atoms with Crippen LogP contribution >= 0.6 is 0 Å². The number of unbranched alkanes of at least 4 members (excludes halogenated alkanes) is 1. The highest BCUT2D eigenvalue weighted by molar-refractivity contribution is 5.92. The van der Waals surface area contributed by atoms with Crippen LogP contribution in [0.25, 0.3) is 0 Å². The maximum Gasteiger partial charge on any atom is 0.224 e. The second kappa shape index (κ2) is 8.17. The first kappa shape index (κ1) is 15.1. The van der Waals surface area contributed by atoms with Crippen molar-refractivity contribution in [3.05, 3.63) is 23.8 Å². The first-order valence-corrected chi connectivity index (χ1v) is 6.38. The fraction of sp³-hybridized carbons (Fsp3) is 0.400. The lowest BCUT2D eigenvalue weighted by atomic mass is 10.1. The normalized spacial score (nSPS) is 9.42. The summed E-state index contributed by atoms with van der Waals surface area (Å²) < 4.78 is 5.22. The number of amides is 1. The lowest BCUT2D eigenvalue weighted by Gasteiger charge is -2.10. The van der Waals surface area contributed by atoms with Gasteiger partial charge < -0.3 is 15.8 Å². The molecule has 0 aliphatic rings. The van der Waals surface area contributed by atoms with Crippen LogP contribution in [0.1, 0.15) is 31.7 Å². The molecule has 4 nitrogen and oxygen atoms in total. The summed E-state index contributed by atoms with van der Waals surface area (Å²) in [5.41, 5.74) is 6.79. The molecule has 0 heterocycles. The van der Waals surface area contributed by atoms with Crippen molar-refractivity contribution in [2.45, 2.75) is 26.2 Å². The Bertz CT molecular complexity index is 487. The lowest BCUT2D eigenvalue weighted by Crippen LogP contribution is -2.12. The number of carbonyl (C=O) groups excluding carboxylic acids is 1. The molecule has 0 aromatic heterocycles. The Hall–Kier alpha value is -1.99. The number of rotatable bonds is 5. The largest absolute Gasteiger partial charge is 0.495 e. The highest BCUT2D eigenvalue weighted by Gasteiger charge is 2.07. The van der Waals surface area contributed by atoms with Crippen molar-refractivity contribution in [3.63, 3.8) is 0 Å². The van der Waals surface area contributed by atoms with E-state index in [1.807, 2.05) is 6.07 Å². The number of nitrogens with two attached hydrogens (primary N) is 1. The van der Waals surface area contributed by atoms with Gasteiger partial charge in [0.1, 0.15) is 5.75 Å². The van der Waals surface area contributed by atoms with Crippen molar-refractivity contribution in [1.82, 2.24) is 0 Å². The standard InChI is InChI=1S/C15H20N2O2/c1-3-4-7-15(18)17-13-11-12(6-5-10-16)8-9-14(13)19-2/h8-9,11H,3-4,7,10,16H2,1-2H3,(H,17,18). The van der Waals surface area contributed by atoms with E-state index < -0.39 is 0 Å². The van der Waals surface area contributed by atoms with Gasteiger partial charge in [0, 0.05) is 12.0 Å². The lowest BCUT2D eigenvalue weighted by molar-refractivity contribution is -0.116. The molecule has 0 aliphatic carbocycles. The predicted octanol–water partition coefficient (Wildman–Crippen LogP) is 2.13. The molecular weight excluding hydrogens is 240 g/mol. The Kier molecular flexibility index (Phi) is 6.48. The molecule has 19 heavy (non-hydrogen) atoms. The van der Waals surface area contributed by atoms with Crippen molar-refractivity contribution in [2.24, 2.45) is 5.73 Å². The number of ether oxygens (including phenoxy) is 1. The van der Waals surface area contributed by atoms with E-state index in [0.29, 0.717) is 24.4 Å². The van der Waals surface area contributed by atoms with E-state index >= 15 is 0 Å². The fourth-order valence-electron chi connectivity index (χ4n) is 1.59. The van der Waals surface area contributed by atoms with Gasteiger partial charge in [-0.3, -0.25) is 4.79 Å². The van der Waals surface area contributed by atoms with Crippen LogP contribution < -0.4 is 15.8 Å². The van der Waals surface area contributed by atoms with Gasteiger partial charge in [0.15, 0.2) is 0 Å². The van der Waals surface area contributed by atoms with E-state index in [9.17, 15) is 4.79 Å². The summed E-state index contributed by atoms with van der Waals surface area (Å²) in [7, 11) is 1.57. The minimum absolute atomic E-state index is 0.0101. The number of carbonyl (C=O) groups is 1. The quantitative estimate of drug-likeness (QED) is 0.797. The van der Waals surface area contributed by atoms with Gasteiger partial charge in [0.25, 0.3) is 0 Å². The van der Waals surface area contributed by atoms with Crippen molar-refractivity contribution in [1.29, 1.82) is 0 Å². The molecule has 102 valence electrons. The number of nitrogens with one attached hydrogen (secondary N) is 1. The van der Waals surface area contributed by atoms with E-state index in [1.54, 1.807) is 19.2 Å². The average Bonchev–Trinajstić information content (AvgIpc) is 2.43.